The van der Waals surface area contributed by atoms with Gasteiger partial charge in [-0.3, -0.25) is 9.69 Å². The number of aliphatic hydroxyl groups excluding tert-OH is 1. The van der Waals surface area contributed by atoms with E-state index in [2.05, 4.69) is 5.32 Å². The summed E-state index contributed by atoms with van der Waals surface area (Å²) in [4.78, 5) is 38.8. The van der Waals surface area contributed by atoms with Crippen molar-refractivity contribution in [3.8, 4) is 0 Å². The molecule has 1 aliphatic carbocycles. The first-order valence-electron chi connectivity index (χ1n) is 9.21. The molecular weight excluding hydrogens is 340 g/mol. The minimum atomic E-state index is -1.02. The summed E-state index contributed by atoms with van der Waals surface area (Å²) in [5, 5.41) is 12.7. The lowest BCUT2D eigenvalue weighted by atomic mass is 10.1. The maximum atomic E-state index is 12.8. The molecule has 4 atom stereocenters. The van der Waals surface area contributed by atoms with Crippen LogP contribution in [0.1, 0.15) is 53.9 Å². The molecule has 0 aromatic carbocycles. The zero-order valence-corrected chi connectivity index (χ0v) is 16.2. The van der Waals surface area contributed by atoms with Crippen LogP contribution in [-0.2, 0) is 19.1 Å². The third kappa shape index (κ3) is 4.28. The van der Waals surface area contributed by atoms with Crippen molar-refractivity contribution in [2.24, 2.45) is 5.92 Å². The van der Waals surface area contributed by atoms with Gasteiger partial charge in [-0.05, 0) is 40.0 Å². The summed E-state index contributed by atoms with van der Waals surface area (Å²) in [7, 11) is 0. The number of hydrogen-bond donors (Lipinski definition) is 2. The monoisotopic (exact) mass is 370 g/mol. The lowest BCUT2D eigenvalue weighted by molar-refractivity contribution is -0.149. The second-order valence-corrected chi connectivity index (χ2v) is 8.03. The lowest BCUT2D eigenvalue weighted by Gasteiger charge is -2.29. The highest BCUT2D eigenvalue weighted by atomic mass is 16.6. The summed E-state index contributed by atoms with van der Waals surface area (Å²) in [5.74, 6) is -0.884. The Hall–Kier alpha value is -1.83. The van der Waals surface area contributed by atoms with Crippen molar-refractivity contribution in [2.45, 2.75) is 77.2 Å². The van der Waals surface area contributed by atoms with E-state index in [0.717, 1.165) is 6.42 Å². The van der Waals surface area contributed by atoms with Crippen molar-refractivity contribution in [3.05, 3.63) is 0 Å². The lowest BCUT2D eigenvalue weighted by Crippen LogP contribution is -2.54. The molecule has 1 saturated heterocycles. The van der Waals surface area contributed by atoms with Crippen LogP contribution in [0, 0.1) is 5.92 Å². The minimum absolute atomic E-state index is 0.0202. The molecule has 0 bridgehead atoms. The van der Waals surface area contributed by atoms with Gasteiger partial charge in [0.25, 0.3) is 0 Å². The molecule has 2 fully saturated rings. The number of likely N-dealkylation sites (tertiary alicyclic amines) is 1. The van der Waals surface area contributed by atoms with Crippen molar-refractivity contribution in [1.29, 1.82) is 0 Å². The molecule has 0 unspecified atom stereocenters. The van der Waals surface area contributed by atoms with Crippen LogP contribution in [0.25, 0.3) is 0 Å². The van der Waals surface area contributed by atoms with E-state index in [-0.39, 0.29) is 25.5 Å². The number of aliphatic hydroxyl groups is 1. The number of β-amino-alcohol motifs (C(OH)–C–C–N with tert-alkyl or cyclic N) is 1. The molecule has 0 aromatic rings. The van der Waals surface area contributed by atoms with Crippen LogP contribution in [-0.4, -0.2) is 64.4 Å². The van der Waals surface area contributed by atoms with Gasteiger partial charge in [0.05, 0.1) is 19.3 Å². The molecule has 8 heteroatoms. The van der Waals surface area contributed by atoms with E-state index < -0.39 is 41.3 Å². The third-order valence-corrected chi connectivity index (χ3v) is 4.79. The maximum absolute atomic E-state index is 12.8. The highest BCUT2D eigenvalue weighted by Crippen LogP contribution is 2.47. The zero-order chi connectivity index (χ0) is 19.7. The van der Waals surface area contributed by atoms with Crippen molar-refractivity contribution in [1.82, 2.24) is 10.2 Å². The fraction of sp³-hybridized carbons (Fsp3) is 0.833. The smallest absolute Gasteiger partial charge is 0.411 e. The van der Waals surface area contributed by atoms with Crippen LogP contribution in [0.3, 0.4) is 0 Å². The van der Waals surface area contributed by atoms with Gasteiger partial charge in [0, 0.05) is 6.42 Å². The van der Waals surface area contributed by atoms with E-state index in [9.17, 15) is 19.5 Å². The SMILES string of the molecule is CCOC(=O)[C@@]1(NC(=O)[C@@H]2C[C@@H](O)CN2C(=O)OC(C)(C)C)C[C@H]1CC. The van der Waals surface area contributed by atoms with Crippen molar-refractivity contribution >= 4 is 18.0 Å². The topological polar surface area (TPSA) is 105 Å². The summed E-state index contributed by atoms with van der Waals surface area (Å²) < 4.78 is 10.4. The summed E-state index contributed by atoms with van der Waals surface area (Å²) in [6.07, 6.45) is -0.0844. The molecule has 2 aliphatic rings. The molecule has 8 nitrogen and oxygen atoms in total. The van der Waals surface area contributed by atoms with E-state index >= 15 is 0 Å². The van der Waals surface area contributed by atoms with Gasteiger partial charge in [0.2, 0.25) is 5.91 Å². The van der Waals surface area contributed by atoms with Crippen LogP contribution >= 0.6 is 0 Å². The Morgan fingerprint density at radius 2 is 1.92 bits per heavy atom. The summed E-state index contributed by atoms with van der Waals surface area (Å²) >= 11 is 0. The Balaban J connectivity index is 2.11. The summed E-state index contributed by atoms with van der Waals surface area (Å²) in [6, 6.07) is -0.871. The van der Waals surface area contributed by atoms with E-state index in [1.54, 1.807) is 27.7 Å². The van der Waals surface area contributed by atoms with Gasteiger partial charge in [-0.25, -0.2) is 9.59 Å². The molecule has 0 radical (unpaired) electrons. The number of nitrogens with one attached hydrogen (secondary N) is 1. The number of carbonyl (C=O) groups is 3. The number of esters is 1. The molecule has 2 N–H and O–H groups in total. The van der Waals surface area contributed by atoms with E-state index in [0.29, 0.717) is 6.42 Å². The first-order chi connectivity index (χ1) is 12.0. The first kappa shape index (κ1) is 20.5. The molecule has 1 saturated carbocycles. The molecule has 148 valence electrons. The van der Waals surface area contributed by atoms with Crippen molar-refractivity contribution < 1.29 is 29.0 Å². The number of amides is 2. The fourth-order valence-corrected chi connectivity index (χ4v) is 3.42. The number of ether oxygens (including phenoxy) is 2. The molecule has 2 rings (SSSR count). The second-order valence-electron chi connectivity index (χ2n) is 8.03. The quantitative estimate of drug-likeness (QED) is 0.705. The maximum Gasteiger partial charge on any atom is 0.411 e. The van der Waals surface area contributed by atoms with Crippen LogP contribution in [0.4, 0.5) is 4.79 Å². The van der Waals surface area contributed by atoms with Crippen molar-refractivity contribution in [2.75, 3.05) is 13.2 Å². The van der Waals surface area contributed by atoms with Crippen LogP contribution < -0.4 is 5.32 Å². The van der Waals surface area contributed by atoms with Gasteiger partial charge in [0.15, 0.2) is 0 Å². The molecule has 26 heavy (non-hydrogen) atoms. The normalized spacial score (nSPS) is 30.7. The Labute approximate surface area is 154 Å². The van der Waals surface area contributed by atoms with E-state index in [1.807, 2.05) is 6.92 Å². The number of rotatable bonds is 5. The van der Waals surface area contributed by atoms with E-state index in [4.69, 9.17) is 9.47 Å². The third-order valence-electron chi connectivity index (χ3n) is 4.79. The Bertz CT molecular complexity index is 573. The average molecular weight is 370 g/mol. The number of nitrogens with zero attached hydrogens (tertiary/aromatic N) is 1. The Kier molecular flexibility index (Phi) is 5.85. The molecular formula is C18H30N2O6. The van der Waals surface area contributed by atoms with Gasteiger partial charge in [-0.1, -0.05) is 13.3 Å². The number of carbonyl (C=O) groups excluding carboxylic acids is 3. The summed E-state index contributed by atoms with van der Waals surface area (Å²) in [6.45, 7) is 9.13. The van der Waals surface area contributed by atoms with E-state index in [1.165, 1.54) is 4.90 Å². The average Bonchev–Trinajstić information content (AvgIpc) is 3.09. The largest absolute Gasteiger partial charge is 0.464 e. The first-order valence-corrected chi connectivity index (χ1v) is 9.21. The molecule has 0 aromatic heterocycles. The summed E-state index contributed by atoms with van der Waals surface area (Å²) in [5.41, 5.74) is -1.73. The Morgan fingerprint density at radius 1 is 1.27 bits per heavy atom. The van der Waals surface area contributed by atoms with Gasteiger partial charge in [0.1, 0.15) is 17.2 Å². The number of hydrogen-bond acceptors (Lipinski definition) is 6. The fourth-order valence-electron chi connectivity index (χ4n) is 3.42. The van der Waals surface area contributed by atoms with Crippen LogP contribution in [0.5, 0.6) is 0 Å². The predicted octanol–water partition coefficient (Wildman–Crippen LogP) is 1.20. The van der Waals surface area contributed by atoms with Gasteiger partial charge in [-0.2, -0.15) is 0 Å². The minimum Gasteiger partial charge on any atom is -0.464 e. The molecule has 1 aliphatic heterocycles. The molecule has 1 heterocycles. The molecule has 2 amide bonds. The predicted molar refractivity (Wildman–Crippen MR) is 93.3 cm³/mol. The Morgan fingerprint density at radius 3 is 2.42 bits per heavy atom. The van der Waals surface area contributed by atoms with Crippen molar-refractivity contribution in [3.63, 3.8) is 0 Å². The van der Waals surface area contributed by atoms with Gasteiger partial charge >= 0.3 is 12.1 Å². The highest BCUT2D eigenvalue weighted by Gasteiger charge is 2.62. The standard InChI is InChI=1S/C18H30N2O6/c1-6-11-9-18(11,15(23)25-7-2)19-14(22)13-8-12(21)10-20(13)16(24)26-17(3,4)5/h11-13,21H,6-10H2,1-5H3,(H,19,22)/t11-,12-,13+,18-/m1/s1. The molecule has 0 spiro atoms. The zero-order valence-electron chi connectivity index (χ0n) is 16.2. The van der Waals surface area contributed by atoms with Gasteiger partial charge in [-0.15, -0.1) is 0 Å². The highest BCUT2D eigenvalue weighted by molar-refractivity contribution is 5.94. The van der Waals surface area contributed by atoms with Crippen LogP contribution in [0.2, 0.25) is 0 Å². The second kappa shape index (κ2) is 7.42. The van der Waals surface area contributed by atoms with Gasteiger partial charge < -0.3 is 19.9 Å². The van der Waals surface area contributed by atoms with Crippen LogP contribution in [0.15, 0.2) is 0 Å².